The molecule has 7 heteroatoms. The predicted molar refractivity (Wildman–Crippen MR) is 111 cm³/mol. The number of amides is 1. The van der Waals surface area contributed by atoms with Crippen LogP contribution in [-0.4, -0.2) is 55.2 Å². The van der Waals surface area contributed by atoms with Gasteiger partial charge in [-0.2, -0.15) is 0 Å². The highest BCUT2D eigenvalue weighted by molar-refractivity contribution is 7.22. The molecule has 28 heavy (non-hydrogen) atoms. The molecule has 1 amide bonds. The van der Waals surface area contributed by atoms with Gasteiger partial charge in [-0.1, -0.05) is 17.4 Å². The fourth-order valence-corrected chi connectivity index (χ4v) is 4.74. The molecule has 3 heterocycles. The lowest BCUT2D eigenvalue weighted by Gasteiger charge is -2.27. The van der Waals surface area contributed by atoms with Crippen LogP contribution in [0.5, 0.6) is 0 Å². The van der Waals surface area contributed by atoms with Crippen LogP contribution >= 0.6 is 11.3 Å². The van der Waals surface area contributed by atoms with Crippen LogP contribution in [0.4, 0.5) is 5.13 Å². The first kappa shape index (κ1) is 19.1. The number of nitrogens with zero attached hydrogens (tertiary/aromatic N) is 3. The Kier molecular flexibility index (Phi) is 5.75. The second-order valence-corrected chi connectivity index (χ2v) is 8.18. The molecule has 0 atom stereocenters. The summed E-state index contributed by atoms with van der Waals surface area (Å²) in [5.74, 6) is 0.207. The lowest BCUT2D eigenvalue weighted by atomic mass is 10.1. The van der Waals surface area contributed by atoms with Crippen molar-refractivity contribution < 1.29 is 13.9 Å². The number of carbonyl (C=O) groups excluding carboxylic acids is 1. The van der Waals surface area contributed by atoms with E-state index in [4.69, 9.17) is 14.1 Å². The highest BCUT2D eigenvalue weighted by atomic mass is 32.1. The molecule has 0 unspecified atom stereocenters. The fourth-order valence-electron chi connectivity index (χ4n) is 3.57. The lowest BCUT2D eigenvalue weighted by molar-refractivity contribution is 0.0376. The minimum Gasteiger partial charge on any atom is -0.459 e. The molecule has 0 bridgehead atoms. The number of hydrogen-bond donors (Lipinski definition) is 0. The van der Waals surface area contributed by atoms with E-state index in [0.29, 0.717) is 12.3 Å². The quantitative estimate of drug-likeness (QED) is 0.630. The average Bonchev–Trinajstić information content (AvgIpc) is 3.35. The van der Waals surface area contributed by atoms with Gasteiger partial charge in [0.2, 0.25) is 0 Å². The second-order valence-electron chi connectivity index (χ2n) is 7.17. The van der Waals surface area contributed by atoms with E-state index < -0.39 is 0 Å². The second kappa shape index (κ2) is 8.43. The van der Waals surface area contributed by atoms with Crippen LogP contribution in [0, 0.1) is 13.8 Å². The van der Waals surface area contributed by atoms with Crippen molar-refractivity contribution in [3.63, 3.8) is 0 Å². The normalized spacial score (nSPS) is 15.2. The largest absolute Gasteiger partial charge is 0.459 e. The summed E-state index contributed by atoms with van der Waals surface area (Å²) in [5, 5.41) is 0.729. The van der Waals surface area contributed by atoms with Crippen molar-refractivity contribution in [1.29, 1.82) is 0 Å². The lowest BCUT2D eigenvalue weighted by Crippen LogP contribution is -2.39. The Morgan fingerprint density at radius 2 is 2.11 bits per heavy atom. The van der Waals surface area contributed by atoms with Crippen molar-refractivity contribution in [2.75, 3.05) is 44.3 Å². The summed E-state index contributed by atoms with van der Waals surface area (Å²) in [6.45, 7) is 9.16. The third-order valence-corrected chi connectivity index (χ3v) is 6.01. The molecule has 1 saturated heterocycles. The smallest absolute Gasteiger partial charge is 0.295 e. The van der Waals surface area contributed by atoms with E-state index >= 15 is 0 Å². The van der Waals surface area contributed by atoms with Crippen molar-refractivity contribution in [2.45, 2.75) is 20.3 Å². The highest BCUT2D eigenvalue weighted by Crippen LogP contribution is 2.32. The molecule has 1 aromatic carbocycles. The zero-order valence-electron chi connectivity index (χ0n) is 16.3. The highest BCUT2D eigenvalue weighted by Gasteiger charge is 2.24. The number of fused-ring (bicyclic) bond motifs is 1. The number of aromatic nitrogens is 1. The van der Waals surface area contributed by atoms with Gasteiger partial charge in [-0.05, 0) is 49.6 Å². The summed E-state index contributed by atoms with van der Waals surface area (Å²) in [6, 6.07) is 7.71. The summed E-state index contributed by atoms with van der Waals surface area (Å²) in [4.78, 5) is 22.0. The Hall–Kier alpha value is -2.22. The van der Waals surface area contributed by atoms with E-state index in [1.165, 1.54) is 11.8 Å². The summed E-state index contributed by atoms with van der Waals surface area (Å²) >= 11 is 1.56. The number of benzene rings is 1. The monoisotopic (exact) mass is 399 g/mol. The van der Waals surface area contributed by atoms with Crippen LogP contribution in [-0.2, 0) is 4.74 Å². The van der Waals surface area contributed by atoms with Crippen molar-refractivity contribution in [2.24, 2.45) is 0 Å². The van der Waals surface area contributed by atoms with Gasteiger partial charge in [0, 0.05) is 26.2 Å². The molecule has 0 N–H and O–H groups in total. The maximum atomic E-state index is 13.1. The van der Waals surface area contributed by atoms with Gasteiger partial charge in [-0.15, -0.1) is 0 Å². The van der Waals surface area contributed by atoms with Crippen LogP contribution in [0.15, 0.2) is 34.9 Å². The van der Waals surface area contributed by atoms with Crippen molar-refractivity contribution in [3.05, 3.63) is 47.4 Å². The third kappa shape index (κ3) is 4.11. The van der Waals surface area contributed by atoms with Gasteiger partial charge in [-0.3, -0.25) is 14.6 Å². The van der Waals surface area contributed by atoms with E-state index in [1.54, 1.807) is 28.4 Å². The SMILES string of the molecule is Cc1cc(C)c2nc(N(CCCN3CCOCC3)C(=O)c3ccco3)sc2c1. The molecule has 0 saturated carbocycles. The number of ether oxygens (including phenoxy) is 1. The van der Waals surface area contributed by atoms with E-state index in [0.717, 1.165) is 60.2 Å². The number of hydrogen-bond acceptors (Lipinski definition) is 6. The first-order valence-corrected chi connectivity index (χ1v) is 10.5. The molecule has 0 radical (unpaired) electrons. The minimum absolute atomic E-state index is 0.139. The van der Waals surface area contributed by atoms with Crippen LogP contribution in [0.2, 0.25) is 0 Å². The van der Waals surface area contributed by atoms with Gasteiger partial charge >= 0.3 is 0 Å². The molecular weight excluding hydrogens is 374 g/mol. The average molecular weight is 400 g/mol. The van der Waals surface area contributed by atoms with E-state index in [9.17, 15) is 4.79 Å². The zero-order chi connectivity index (χ0) is 19.5. The first-order valence-electron chi connectivity index (χ1n) is 9.65. The molecule has 3 aromatic rings. The summed E-state index contributed by atoms with van der Waals surface area (Å²) in [5.41, 5.74) is 3.31. The molecule has 2 aromatic heterocycles. The number of rotatable bonds is 6. The number of carbonyl (C=O) groups is 1. The van der Waals surface area contributed by atoms with Crippen molar-refractivity contribution in [3.8, 4) is 0 Å². The standard InChI is InChI=1S/C21H25N3O3S/c1-15-13-16(2)19-18(14-15)28-21(22-19)24(20(25)17-5-3-10-27-17)7-4-6-23-8-11-26-12-9-23/h3,5,10,13-14H,4,6-9,11-12H2,1-2H3. The molecule has 4 rings (SSSR count). The predicted octanol–water partition coefficient (Wildman–Crippen LogP) is 3.88. The Morgan fingerprint density at radius 3 is 2.86 bits per heavy atom. The Labute approximate surface area is 168 Å². The van der Waals surface area contributed by atoms with Gasteiger partial charge < -0.3 is 9.15 Å². The van der Waals surface area contributed by atoms with Crippen LogP contribution in [0.25, 0.3) is 10.2 Å². The number of furan rings is 1. The van der Waals surface area contributed by atoms with Crippen LogP contribution < -0.4 is 4.90 Å². The van der Waals surface area contributed by atoms with Crippen LogP contribution in [0.3, 0.4) is 0 Å². The molecule has 1 aliphatic rings. The van der Waals surface area contributed by atoms with Gasteiger partial charge in [0.25, 0.3) is 5.91 Å². The van der Waals surface area contributed by atoms with Crippen molar-refractivity contribution >= 4 is 32.6 Å². The molecular formula is C21H25N3O3S. The number of anilines is 1. The molecule has 6 nitrogen and oxygen atoms in total. The summed E-state index contributed by atoms with van der Waals surface area (Å²) < 4.78 is 11.9. The fraction of sp³-hybridized carbons (Fsp3) is 0.429. The van der Waals surface area contributed by atoms with E-state index in [1.807, 2.05) is 0 Å². The molecule has 0 aliphatic carbocycles. The third-order valence-electron chi connectivity index (χ3n) is 4.99. The number of aryl methyl sites for hydroxylation is 2. The van der Waals surface area contributed by atoms with Gasteiger partial charge in [0.1, 0.15) is 0 Å². The van der Waals surface area contributed by atoms with E-state index in [-0.39, 0.29) is 5.91 Å². The Balaban J connectivity index is 1.57. The van der Waals surface area contributed by atoms with E-state index in [2.05, 4.69) is 30.9 Å². The van der Waals surface area contributed by atoms with Gasteiger partial charge in [0.05, 0.1) is 29.7 Å². The van der Waals surface area contributed by atoms with Gasteiger partial charge in [-0.25, -0.2) is 4.98 Å². The maximum Gasteiger partial charge on any atom is 0.295 e. The Bertz CT molecular complexity index is 945. The Morgan fingerprint density at radius 1 is 1.29 bits per heavy atom. The minimum atomic E-state index is -0.139. The van der Waals surface area contributed by atoms with Crippen LogP contribution in [0.1, 0.15) is 28.1 Å². The number of thiazole rings is 1. The molecule has 1 fully saturated rings. The first-order chi connectivity index (χ1) is 13.6. The van der Waals surface area contributed by atoms with Gasteiger partial charge in [0.15, 0.2) is 10.9 Å². The maximum absolute atomic E-state index is 13.1. The topological polar surface area (TPSA) is 58.8 Å². The summed E-state index contributed by atoms with van der Waals surface area (Å²) in [7, 11) is 0. The molecule has 148 valence electrons. The zero-order valence-corrected chi connectivity index (χ0v) is 17.1. The number of morpholine rings is 1. The molecule has 1 aliphatic heterocycles. The van der Waals surface area contributed by atoms with Crippen molar-refractivity contribution in [1.82, 2.24) is 9.88 Å². The summed E-state index contributed by atoms with van der Waals surface area (Å²) in [6.07, 6.45) is 2.41. The molecule has 0 spiro atoms.